The van der Waals surface area contributed by atoms with Crippen molar-refractivity contribution in [3.63, 3.8) is 0 Å². The Bertz CT molecular complexity index is 812. The van der Waals surface area contributed by atoms with Crippen LogP contribution in [0.1, 0.15) is 44.4 Å². The standard InChI is InChI=1S/C20H21BrN2O3/c21-16-4-2-1-3-15(16)18-23-22-17(26-18)11-25-19(24)20-8-12-5-13(9-20)7-14(6-12)10-20/h1-4,12-14H,5-11H2. The summed E-state index contributed by atoms with van der Waals surface area (Å²) in [6, 6.07) is 7.67. The van der Waals surface area contributed by atoms with Gasteiger partial charge in [0.05, 0.1) is 11.0 Å². The highest BCUT2D eigenvalue weighted by Crippen LogP contribution is 2.60. The SMILES string of the molecule is O=C(OCc1nnc(-c2ccccc2Br)o1)C12CC3CC(CC(C3)C1)C2. The van der Waals surface area contributed by atoms with Gasteiger partial charge >= 0.3 is 5.97 Å². The van der Waals surface area contributed by atoms with E-state index in [2.05, 4.69) is 26.1 Å². The molecule has 0 radical (unpaired) electrons. The zero-order chi connectivity index (χ0) is 17.7. The highest BCUT2D eigenvalue weighted by molar-refractivity contribution is 9.10. The van der Waals surface area contributed by atoms with E-state index < -0.39 is 0 Å². The Morgan fingerprint density at radius 2 is 1.77 bits per heavy atom. The predicted octanol–water partition coefficient (Wildman–Crippen LogP) is 4.76. The summed E-state index contributed by atoms with van der Waals surface area (Å²) in [5, 5.41) is 8.12. The van der Waals surface area contributed by atoms with Crippen LogP contribution in [0.5, 0.6) is 0 Å². The second-order valence-electron chi connectivity index (χ2n) is 8.25. The zero-order valence-electron chi connectivity index (χ0n) is 14.5. The van der Waals surface area contributed by atoms with E-state index in [0.717, 1.165) is 47.1 Å². The average Bonchev–Trinajstić information content (AvgIpc) is 3.07. The molecule has 4 fully saturated rings. The van der Waals surface area contributed by atoms with Gasteiger partial charge in [-0.05, 0) is 84.3 Å². The van der Waals surface area contributed by atoms with Gasteiger partial charge in [-0.25, -0.2) is 0 Å². The van der Waals surface area contributed by atoms with E-state index in [9.17, 15) is 4.79 Å². The molecule has 0 N–H and O–H groups in total. The summed E-state index contributed by atoms with van der Waals surface area (Å²) in [4.78, 5) is 12.9. The fourth-order valence-corrected chi connectivity index (χ4v) is 6.15. The number of esters is 1. The van der Waals surface area contributed by atoms with E-state index in [1.807, 2.05) is 24.3 Å². The average molecular weight is 417 g/mol. The van der Waals surface area contributed by atoms with E-state index in [1.165, 1.54) is 19.3 Å². The van der Waals surface area contributed by atoms with Gasteiger partial charge in [0, 0.05) is 4.47 Å². The van der Waals surface area contributed by atoms with Crippen molar-refractivity contribution >= 4 is 21.9 Å². The molecule has 136 valence electrons. The molecular formula is C20H21BrN2O3. The van der Waals surface area contributed by atoms with Crippen LogP contribution in [0.3, 0.4) is 0 Å². The molecule has 0 amide bonds. The Labute approximate surface area is 160 Å². The maximum absolute atomic E-state index is 12.9. The van der Waals surface area contributed by atoms with E-state index in [4.69, 9.17) is 9.15 Å². The van der Waals surface area contributed by atoms with Crippen molar-refractivity contribution in [3.05, 3.63) is 34.6 Å². The summed E-state index contributed by atoms with van der Waals surface area (Å²) in [5.74, 6) is 2.88. The summed E-state index contributed by atoms with van der Waals surface area (Å²) >= 11 is 3.48. The number of ether oxygens (including phenoxy) is 1. The van der Waals surface area contributed by atoms with Crippen LogP contribution in [0.4, 0.5) is 0 Å². The quantitative estimate of drug-likeness (QED) is 0.672. The number of carbonyl (C=O) groups is 1. The lowest BCUT2D eigenvalue weighted by Gasteiger charge is -2.55. The highest BCUT2D eigenvalue weighted by Gasteiger charge is 2.55. The van der Waals surface area contributed by atoms with Gasteiger partial charge in [-0.2, -0.15) is 0 Å². The van der Waals surface area contributed by atoms with Crippen molar-refractivity contribution in [1.29, 1.82) is 0 Å². The van der Waals surface area contributed by atoms with E-state index >= 15 is 0 Å². The van der Waals surface area contributed by atoms with E-state index in [1.54, 1.807) is 0 Å². The molecular weight excluding hydrogens is 396 g/mol. The second kappa shape index (κ2) is 6.19. The number of hydrogen-bond donors (Lipinski definition) is 0. The molecule has 6 heteroatoms. The van der Waals surface area contributed by atoms with Crippen LogP contribution in [-0.4, -0.2) is 16.2 Å². The van der Waals surface area contributed by atoms with Crippen LogP contribution in [0, 0.1) is 23.2 Å². The third kappa shape index (κ3) is 2.79. The molecule has 0 saturated heterocycles. The van der Waals surface area contributed by atoms with Crippen molar-refractivity contribution in [2.75, 3.05) is 0 Å². The van der Waals surface area contributed by atoms with Crippen LogP contribution in [-0.2, 0) is 16.1 Å². The zero-order valence-corrected chi connectivity index (χ0v) is 16.1. The molecule has 1 aromatic heterocycles. The summed E-state index contributed by atoms with van der Waals surface area (Å²) in [6.07, 6.45) is 6.94. The van der Waals surface area contributed by atoms with Crippen LogP contribution in [0.15, 0.2) is 33.2 Å². The summed E-state index contributed by atoms with van der Waals surface area (Å²) in [6.45, 7) is 0.0536. The fraction of sp³-hybridized carbons (Fsp3) is 0.550. The van der Waals surface area contributed by atoms with Crippen LogP contribution < -0.4 is 0 Å². The van der Waals surface area contributed by atoms with Crippen molar-refractivity contribution in [3.8, 4) is 11.5 Å². The molecule has 0 unspecified atom stereocenters. The lowest BCUT2D eigenvalue weighted by molar-refractivity contribution is -0.173. The largest absolute Gasteiger partial charge is 0.455 e. The number of benzene rings is 1. The number of hydrogen-bond acceptors (Lipinski definition) is 5. The molecule has 4 aliphatic rings. The number of nitrogens with zero attached hydrogens (tertiary/aromatic N) is 2. The Kier molecular flexibility index (Phi) is 3.92. The number of aromatic nitrogens is 2. The van der Waals surface area contributed by atoms with Crippen molar-refractivity contribution in [1.82, 2.24) is 10.2 Å². The normalized spacial score (nSPS) is 32.0. The third-order valence-corrected chi connectivity index (χ3v) is 7.06. The Hall–Kier alpha value is -1.69. The first-order chi connectivity index (χ1) is 12.6. The van der Waals surface area contributed by atoms with Crippen molar-refractivity contribution in [2.45, 2.75) is 45.1 Å². The monoisotopic (exact) mass is 416 g/mol. The maximum atomic E-state index is 12.9. The van der Waals surface area contributed by atoms with Gasteiger partial charge in [0.25, 0.3) is 5.89 Å². The summed E-state index contributed by atoms with van der Waals surface area (Å²) in [7, 11) is 0. The number of carbonyl (C=O) groups excluding carboxylic acids is 1. The molecule has 4 saturated carbocycles. The lowest BCUT2D eigenvalue weighted by Crippen LogP contribution is -2.50. The first-order valence-electron chi connectivity index (χ1n) is 9.36. The lowest BCUT2D eigenvalue weighted by atomic mass is 9.49. The molecule has 0 spiro atoms. The molecule has 4 bridgehead atoms. The minimum absolute atomic E-state index is 0.0536. The van der Waals surface area contributed by atoms with Gasteiger partial charge in [0.1, 0.15) is 0 Å². The topological polar surface area (TPSA) is 65.2 Å². The van der Waals surface area contributed by atoms with Gasteiger partial charge in [-0.3, -0.25) is 4.79 Å². The number of rotatable bonds is 4. The van der Waals surface area contributed by atoms with Crippen LogP contribution in [0.25, 0.3) is 11.5 Å². The molecule has 2 aromatic rings. The molecule has 5 nitrogen and oxygen atoms in total. The van der Waals surface area contributed by atoms with Gasteiger partial charge in [0.15, 0.2) is 6.61 Å². The maximum Gasteiger partial charge on any atom is 0.312 e. The molecule has 26 heavy (non-hydrogen) atoms. The minimum Gasteiger partial charge on any atom is -0.455 e. The highest BCUT2D eigenvalue weighted by atomic mass is 79.9. The minimum atomic E-state index is -0.250. The van der Waals surface area contributed by atoms with Crippen molar-refractivity contribution < 1.29 is 13.9 Å². The third-order valence-electron chi connectivity index (χ3n) is 6.37. The van der Waals surface area contributed by atoms with Gasteiger partial charge in [-0.1, -0.05) is 12.1 Å². The second-order valence-corrected chi connectivity index (χ2v) is 9.11. The number of halogens is 1. The van der Waals surface area contributed by atoms with E-state index in [-0.39, 0.29) is 18.0 Å². The molecule has 1 aromatic carbocycles. The molecule has 1 heterocycles. The van der Waals surface area contributed by atoms with Gasteiger partial charge < -0.3 is 9.15 Å². The predicted molar refractivity (Wildman–Crippen MR) is 97.8 cm³/mol. The Morgan fingerprint density at radius 1 is 1.12 bits per heavy atom. The summed E-state index contributed by atoms with van der Waals surface area (Å²) < 4.78 is 12.2. The Morgan fingerprint density at radius 3 is 2.42 bits per heavy atom. The Balaban J connectivity index is 1.27. The van der Waals surface area contributed by atoms with E-state index in [0.29, 0.717) is 11.8 Å². The fourth-order valence-electron chi connectivity index (χ4n) is 5.70. The van der Waals surface area contributed by atoms with Gasteiger partial charge in [0.2, 0.25) is 5.89 Å². The molecule has 0 atom stereocenters. The molecule has 0 aliphatic heterocycles. The van der Waals surface area contributed by atoms with Crippen molar-refractivity contribution in [2.24, 2.45) is 23.2 Å². The first-order valence-corrected chi connectivity index (χ1v) is 10.2. The summed E-state index contributed by atoms with van der Waals surface area (Å²) in [5.41, 5.74) is 0.582. The first kappa shape index (κ1) is 16.5. The van der Waals surface area contributed by atoms with Crippen LogP contribution in [0.2, 0.25) is 0 Å². The smallest absolute Gasteiger partial charge is 0.312 e. The van der Waals surface area contributed by atoms with Crippen LogP contribution >= 0.6 is 15.9 Å². The molecule has 4 aliphatic carbocycles. The molecule has 6 rings (SSSR count). The van der Waals surface area contributed by atoms with Gasteiger partial charge in [-0.15, -0.1) is 10.2 Å².